The van der Waals surface area contributed by atoms with Gasteiger partial charge in [0.15, 0.2) is 6.10 Å². The van der Waals surface area contributed by atoms with Crippen molar-refractivity contribution in [2.24, 2.45) is 0 Å². The van der Waals surface area contributed by atoms with E-state index in [1.54, 1.807) is 78.9 Å². The van der Waals surface area contributed by atoms with Gasteiger partial charge in [-0.3, -0.25) is 0 Å². The van der Waals surface area contributed by atoms with Crippen LogP contribution in [0.4, 0.5) is 0 Å². The second kappa shape index (κ2) is 16.3. The highest BCUT2D eigenvalue weighted by Gasteiger charge is 2.22. The number of ether oxygens (including phenoxy) is 5. The summed E-state index contributed by atoms with van der Waals surface area (Å²) >= 11 is 0. The third-order valence-corrected chi connectivity index (χ3v) is 6.76. The maximum atomic E-state index is 13.0. The molecule has 0 N–H and O–H groups in total. The van der Waals surface area contributed by atoms with Gasteiger partial charge in [-0.2, -0.15) is 0 Å². The predicted molar refractivity (Wildman–Crippen MR) is 171 cm³/mol. The first-order valence-electron chi connectivity index (χ1n) is 14.7. The van der Waals surface area contributed by atoms with E-state index < -0.39 is 24.0 Å². The normalized spacial score (nSPS) is 11.1. The fourth-order valence-corrected chi connectivity index (χ4v) is 4.27. The first-order chi connectivity index (χ1) is 22.5. The Bertz CT molecular complexity index is 1690. The Labute approximate surface area is 267 Å². The second-order valence-electron chi connectivity index (χ2n) is 10.2. The van der Waals surface area contributed by atoms with Crippen molar-refractivity contribution in [2.75, 3.05) is 13.2 Å². The SMILES string of the molecule is O=C(OCC(COC(=O)c1ccc(OCc2ccccc2)cc1)OC(=O)c1ccc(OCc2ccccc2)cc1)c1ccccc1. The highest BCUT2D eigenvalue weighted by atomic mass is 16.6. The van der Waals surface area contributed by atoms with Crippen LogP contribution in [0.1, 0.15) is 42.2 Å². The predicted octanol–water partition coefficient (Wildman–Crippen LogP) is 7.08. The molecule has 0 heterocycles. The van der Waals surface area contributed by atoms with E-state index in [9.17, 15) is 14.4 Å². The highest BCUT2D eigenvalue weighted by molar-refractivity contribution is 5.91. The van der Waals surface area contributed by atoms with Crippen molar-refractivity contribution in [2.45, 2.75) is 19.3 Å². The van der Waals surface area contributed by atoms with Crippen molar-refractivity contribution in [3.63, 3.8) is 0 Å². The van der Waals surface area contributed by atoms with E-state index in [1.165, 1.54) is 0 Å². The summed E-state index contributed by atoms with van der Waals surface area (Å²) in [7, 11) is 0. The van der Waals surface area contributed by atoms with Gasteiger partial charge in [-0.1, -0.05) is 78.9 Å². The minimum absolute atomic E-state index is 0.254. The number of carbonyl (C=O) groups excluding carboxylic acids is 3. The zero-order valence-corrected chi connectivity index (χ0v) is 25.0. The topological polar surface area (TPSA) is 97.4 Å². The van der Waals surface area contributed by atoms with Gasteiger partial charge in [0.25, 0.3) is 0 Å². The quantitative estimate of drug-likeness (QED) is 0.0964. The van der Waals surface area contributed by atoms with Crippen LogP contribution in [0.15, 0.2) is 140 Å². The molecule has 0 fully saturated rings. The summed E-state index contributed by atoms with van der Waals surface area (Å²) < 4.78 is 28.0. The third kappa shape index (κ3) is 9.56. The van der Waals surface area contributed by atoms with Crippen LogP contribution in [0.2, 0.25) is 0 Å². The zero-order valence-electron chi connectivity index (χ0n) is 25.0. The molecular weight excluding hydrogens is 584 g/mol. The third-order valence-electron chi connectivity index (χ3n) is 6.76. The largest absolute Gasteiger partial charge is 0.489 e. The summed E-state index contributed by atoms with van der Waals surface area (Å²) in [6.45, 7) is 0.117. The number of esters is 3. The van der Waals surface area contributed by atoms with Gasteiger partial charge < -0.3 is 23.7 Å². The van der Waals surface area contributed by atoms with Crippen LogP contribution >= 0.6 is 0 Å². The van der Waals surface area contributed by atoms with Gasteiger partial charge in [0.2, 0.25) is 0 Å². The summed E-state index contributed by atoms with van der Waals surface area (Å²) in [5, 5.41) is 0. The molecule has 8 nitrogen and oxygen atoms in total. The molecule has 0 saturated carbocycles. The lowest BCUT2D eigenvalue weighted by Gasteiger charge is -2.18. The van der Waals surface area contributed by atoms with Crippen LogP contribution < -0.4 is 9.47 Å². The van der Waals surface area contributed by atoms with Gasteiger partial charge >= 0.3 is 17.9 Å². The Morgan fingerprint density at radius 1 is 0.435 bits per heavy atom. The number of hydrogen-bond acceptors (Lipinski definition) is 8. The number of benzene rings is 5. The molecule has 5 aromatic carbocycles. The highest BCUT2D eigenvalue weighted by Crippen LogP contribution is 2.18. The standard InChI is InChI=1S/C38H32O8/c39-36(30-14-8-3-9-15-30)44-26-35(46-38(41)32-18-22-34(23-19-32)43-25-29-12-6-2-7-13-29)27-45-37(40)31-16-20-33(21-17-31)42-24-28-10-4-1-5-11-28/h1-23,35H,24-27H2. The minimum Gasteiger partial charge on any atom is -0.489 e. The lowest BCUT2D eigenvalue weighted by atomic mass is 10.2. The maximum Gasteiger partial charge on any atom is 0.338 e. The molecule has 0 aliphatic rings. The van der Waals surface area contributed by atoms with Gasteiger partial charge in [-0.15, -0.1) is 0 Å². The molecule has 0 aliphatic heterocycles. The fourth-order valence-electron chi connectivity index (χ4n) is 4.27. The van der Waals surface area contributed by atoms with Crippen molar-refractivity contribution in [1.29, 1.82) is 0 Å². The van der Waals surface area contributed by atoms with E-state index in [0.29, 0.717) is 30.3 Å². The monoisotopic (exact) mass is 616 g/mol. The second-order valence-corrected chi connectivity index (χ2v) is 10.2. The molecule has 5 aromatic rings. The molecule has 0 spiro atoms. The van der Waals surface area contributed by atoms with Crippen LogP contribution in [0.5, 0.6) is 11.5 Å². The van der Waals surface area contributed by atoms with Crippen LogP contribution in [-0.4, -0.2) is 37.2 Å². The molecule has 0 aromatic heterocycles. The fraction of sp³-hybridized carbons (Fsp3) is 0.132. The summed E-state index contributed by atoms with van der Waals surface area (Å²) in [4.78, 5) is 38.4. The Balaban J connectivity index is 1.17. The zero-order chi connectivity index (χ0) is 32.0. The van der Waals surface area contributed by atoms with Crippen molar-refractivity contribution in [1.82, 2.24) is 0 Å². The van der Waals surface area contributed by atoms with Crippen LogP contribution in [0, 0.1) is 0 Å². The number of rotatable bonds is 14. The van der Waals surface area contributed by atoms with Gasteiger partial charge in [-0.05, 0) is 71.8 Å². The van der Waals surface area contributed by atoms with Crippen LogP contribution in [0.25, 0.3) is 0 Å². The van der Waals surface area contributed by atoms with Crippen molar-refractivity contribution in [3.05, 3.63) is 167 Å². The summed E-state index contributed by atoms with van der Waals surface area (Å²) in [6, 6.07) is 40.8. The molecular formula is C38H32O8. The average Bonchev–Trinajstić information content (AvgIpc) is 3.12. The molecule has 232 valence electrons. The lowest BCUT2D eigenvalue weighted by molar-refractivity contribution is -0.0253. The van der Waals surface area contributed by atoms with E-state index >= 15 is 0 Å². The van der Waals surface area contributed by atoms with Gasteiger partial charge in [0.1, 0.15) is 37.9 Å². The van der Waals surface area contributed by atoms with E-state index in [4.69, 9.17) is 23.7 Å². The van der Waals surface area contributed by atoms with Gasteiger partial charge in [-0.25, -0.2) is 14.4 Å². The van der Waals surface area contributed by atoms with Gasteiger partial charge in [0.05, 0.1) is 16.7 Å². The maximum absolute atomic E-state index is 13.0. The lowest BCUT2D eigenvalue weighted by Crippen LogP contribution is -2.31. The van der Waals surface area contributed by atoms with E-state index in [0.717, 1.165) is 11.1 Å². The molecule has 46 heavy (non-hydrogen) atoms. The van der Waals surface area contributed by atoms with E-state index in [1.807, 2.05) is 60.7 Å². The average molecular weight is 617 g/mol. The van der Waals surface area contributed by atoms with Crippen molar-refractivity contribution >= 4 is 17.9 Å². The molecule has 8 heteroatoms. The number of hydrogen-bond donors (Lipinski definition) is 0. The first kappa shape index (κ1) is 31.5. The molecule has 0 radical (unpaired) electrons. The summed E-state index contributed by atoms with van der Waals surface area (Å²) in [5.74, 6) is -0.731. The number of carbonyl (C=O) groups is 3. The van der Waals surface area contributed by atoms with Gasteiger partial charge in [0, 0.05) is 0 Å². The summed E-state index contributed by atoms with van der Waals surface area (Å²) in [6.07, 6.45) is -1.06. The van der Waals surface area contributed by atoms with Crippen LogP contribution in [-0.2, 0) is 27.4 Å². The minimum atomic E-state index is -1.06. The van der Waals surface area contributed by atoms with Crippen molar-refractivity contribution in [3.8, 4) is 11.5 Å². The van der Waals surface area contributed by atoms with Crippen molar-refractivity contribution < 1.29 is 38.1 Å². The Morgan fingerprint density at radius 3 is 1.24 bits per heavy atom. The summed E-state index contributed by atoms with van der Waals surface area (Å²) in [5.41, 5.74) is 2.91. The molecule has 0 saturated heterocycles. The molecule has 0 aliphatic carbocycles. The molecule has 5 rings (SSSR count). The van der Waals surface area contributed by atoms with E-state index in [-0.39, 0.29) is 24.3 Å². The van der Waals surface area contributed by atoms with Crippen LogP contribution in [0.3, 0.4) is 0 Å². The van der Waals surface area contributed by atoms with E-state index in [2.05, 4.69) is 0 Å². The molecule has 1 unspecified atom stereocenters. The Kier molecular flexibility index (Phi) is 11.1. The Morgan fingerprint density at radius 2 is 0.804 bits per heavy atom. The Hall–Kier alpha value is -5.89. The molecule has 1 atom stereocenters. The smallest absolute Gasteiger partial charge is 0.338 e. The molecule has 0 amide bonds. The molecule has 0 bridgehead atoms. The first-order valence-corrected chi connectivity index (χ1v) is 14.7.